The van der Waals surface area contributed by atoms with E-state index in [1.54, 1.807) is 7.05 Å². The van der Waals surface area contributed by atoms with Crippen molar-refractivity contribution in [2.24, 2.45) is 7.05 Å². The van der Waals surface area contributed by atoms with Gasteiger partial charge in [0.05, 0.1) is 11.0 Å². The van der Waals surface area contributed by atoms with Crippen LogP contribution in [0.25, 0.3) is 22.3 Å². The number of amides is 1. The molecule has 0 atom stereocenters. The van der Waals surface area contributed by atoms with Crippen LogP contribution < -0.4 is 5.32 Å². The predicted octanol–water partition coefficient (Wildman–Crippen LogP) is 2.92. The number of imidazole rings is 1. The first-order chi connectivity index (χ1) is 12.1. The van der Waals surface area contributed by atoms with Gasteiger partial charge in [0.2, 0.25) is 5.95 Å². The van der Waals surface area contributed by atoms with Gasteiger partial charge < -0.3 is 10.1 Å². The minimum Gasteiger partial charge on any atom is -0.504 e. The van der Waals surface area contributed by atoms with Crippen LogP contribution in [0.3, 0.4) is 0 Å². The number of carbonyl (C=O) groups excluding carboxylic acids is 1. The summed E-state index contributed by atoms with van der Waals surface area (Å²) in [5.74, 6) is -0.343. The fraction of sp³-hybridized carbons (Fsp3) is 0.0556. The van der Waals surface area contributed by atoms with Crippen LogP contribution in [0.5, 0.6) is 5.75 Å². The number of rotatable bonds is 3. The van der Waals surface area contributed by atoms with Gasteiger partial charge in [-0.1, -0.05) is 42.5 Å². The summed E-state index contributed by atoms with van der Waals surface area (Å²) in [4.78, 5) is 19.9. The molecule has 4 rings (SSSR count). The lowest BCUT2D eigenvalue weighted by molar-refractivity contribution is 0.101. The summed E-state index contributed by atoms with van der Waals surface area (Å²) in [6, 6.07) is 16.7. The SMILES string of the molecule is Cn1nc(-c2ccccc2)c(O)c1C(=O)Nc1nc2ccccc2[nH]1. The van der Waals surface area contributed by atoms with Gasteiger partial charge in [-0.3, -0.25) is 14.8 Å². The number of hydrogen-bond donors (Lipinski definition) is 3. The van der Waals surface area contributed by atoms with Gasteiger partial charge in [0, 0.05) is 12.6 Å². The Morgan fingerprint density at radius 1 is 1.12 bits per heavy atom. The molecule has 25 heavy (non-hydrogen) atoms. The molecular weight excluding hydrogens is 318 g/mol. The Morgan fingerprint density at radius 3 is 2.60 bits per heavy atom. The molecule has 2 aromatic carbocycles. The topological polar surface area (TPSA) is 95.8 Å². The van der Waals surface area contributed by atoms with E-state index in [9.17, 15) is 9.90 Å². The number of fused-ring (bicyclic) bond motifs is 1. The number of aromatic nitrogens is 4. The number of nitrogens with one attached hydrogen (secondary N) is 2. The second-order valence-corrected chi connectivity index (χ2v) is 5.59. The molecule has 0 fully saturated rings. The first kappa shape index (κ1) is 14.9. The van der Waals surface area contributed by atoms with Crippen LogP contribution in [-0.4, -0.2) is 30.8 Å². The van der Waals surface area contributed by atoms with Crippen LogP contribution in [0.1, 0.15) is 10.5 Å². The number of carbonyl (C=O) groups is 1. The fourth-order valence-corrected chi connectivity index (χ4v) is 2.74. The average molecular weight is 333 g/mol. The molecule has 124 valence electrons. The third-order valence-electron chi connectivity index (χ3n) is 3.91. The summed E-state index contributed by atoms with van der Waals surface area (Å²) >= 11 is 0. The second-order valence-electron chi connectivity index (χ2n) is 5.59. The van der Waals surface area contributed by atoms with E-state index in [4.69, 9.17) is 0 Å². The van der Waals surface area contributed by atoms with E-state index in [-0.39, 0.29) is 11.4 Å². The van der Waals surface area contributed by atoms with Crippen LogP contribution in [0.15, 0.2) is 54.6 Å². The maximum atomic E-state index is 12.6. The molecule has 0 bridgehead atoms. The number of aryl methyl sites for hydroxylation is 1. The molecule has 7 heteroatoms. The van der Waals surface area contributed by atoms with Gasteiger partial charge >= 0.3 is 0 Å². The quantitative estimate of drug-likeness (QED) is 0.537. The Kier molecular flexibility index (Phi) is 3.46. The van der Waals surface area contributed by atoms with Crippen LogP contribution in [0, 0.1) is 0 Å². The number of benzene rings is 2. The molecule has 0 aliphatic carbocycles. The Labute approximate surface area is 142 Å². The lowest BCUT2D eigenvalue weighted by Gasteiger charge is -2.02. The van der Waals surface area contributed by atoms with Gasteiger partial charge in [0.1, 0.15) is 5.69 Å². The monoisotopic (exact) mass is 333 g/mol. The second kappa shape index (κ2) is 5.79. The van der Waals surface area contributed by atoms with Crippen LogP contribution in [0.4, 0.5) is 5.95 Å². The largest absolute Gasteiger partial charge is 0.504 e. The molecule has 0 saturated carbocycles. The molecule has 0 aliphatic heterocycles. The highest BCUT2D eigenvalue weighted by molar-refractivity contribution is 6.05. The molecule has 1 amide bonds. The number of anilines is 1. The van der Waals surface area contributed by atoms with E-state index in [0.717, 1.165) is 16.6 Å². The standard InChI is InChI=1S/C18H15N5O2/c1-23-15(16(24)14(22-23)11-7-3-2-4-8-11)17(25)21-18-19-12-9-5-6-10-13(12)20-18/h2-10,24H,1H3,(H2,19,20,21,25). The number of hydrogen-bond acceptors (Lipinski definition) is 4. The smallest absolute Gasteiger partial charge is 0.280 e. The van der Waals surface area contributed by atoms with E-state index >= 15 is 0 Å². The fourth-order valence-electron chi connectivity index (χ4n) is 2.74. The van der Waals surface area contributed by atoms with Gasteiger partial charge in [-0.15, -0.1) is 0 Å². The number of aromatic amines is 1. The van der Waals surface area contributed by atoms with Crippen molar-refractivity contribution < 1.29 is 9.90 Å². The van der Waals surface area contributed by atoms with Gasteiger partial charge in [-0.25, -0.2) is 4.98 Å². The Balaban J connectivity index is 1.67. The highest BCUT2D eigenvalue weighted by Gasteiger charge is 2.23. The number of nitrogens with zero attached hydrogens (tertiary/aromatic N) is 3. The first-order valence-corrected chi connectivity index (χ1v) is 7.71. The van der Waals surface area contributed by atoms with Crippen molar-refractivity contribution in [3.8, 4) is 17.0 Å². The molecule has 2 aromatic heterocycles. The molecule has 3 N–H and O–H groups in total. The zero-order valence-electron chi connectivity index (χ0n) is 13.4. The number of aromatic hydroxyl groups is 1. The predicted molar refractivity (Wildman–Crippen MR) is 94.4 cm³/mol. The first-order valence-electron chi connectivity index (χ1n) is 7.71. The zero-order chi connectivity index (χ0) is 17.4. The van der Waals surface area contributed by atoms with Crippen molar-refractivity contribution in [2.75, 3.05) is 5.32 Å². The Hall–Kier alpha value is -3.61. The molecule has 4 aromatic rings. The van der Waals surface area contributed by atoms with Gasteiger partial charge in [-0.05, 0) is 12.1 Å². The summed E-state index contributed by atoms with van der Waals surface area (Å²) in [5.41, 5.74) is 2.73. The maximum Gasteiger partial charge on any atom is 0.280 e. The Morgan fingerprint density at radius 2 is 1.84 bits per heavy atom. The lowest BCUT2D eigenvalue weighted by Crippen LogP contribution is -2.17. The Bertz CT molecular complexity index is 1030. The summed E-state index contributed by atoms with van der Waals surface area (Å²) in [7, 11) is 1.61. The number of para-hydroxylation sites is 2. The molecule has 0 spiro atoms. The van der Waals surface area contributed by atoms with E-state index in [0.29, 0.717) is 11.6 Å². The minimum atomic E-state index is -0.492. The van der Waals surface area contributed by atoms with E-state index in [1.165, 1.54) is 4.68 Å². The van der Waals surface area contributed by atoms with Crippen LogP contribution in [-0.2, 0) is 7.05 Å². The van der Waals surface area contributed by atoms with Crippen LogP contribution in [0.2, 0.25) is 0 Å². The molecule has 0 aliphatic rings. The van der Waals surface area contributed by atoms with Crippen molar-refractivity contribution in [2.45, 2.75) is 0 Å². The number of H-pyrrole nitrogens is 1. The van der Waals surface area contributed by atoms with Crippen LogP contribution >= 0.6 is 0 Å². The normalized spacial score (nSPS) is 10.9. The van der Waals surface area contributed by atoms with Crippen molar-refractivity contribution in [1.82, 2.24) is 19.7 Å². The molecule has 0 unspecified atom stereocenters. The maximum absolute atomic E-state index is 12.6. The van der Waals surface area contributed by atoms with E-state index in [2.05, 4.69) is 20.4 Å². The minimum absolute atomic E-state index is 0.0688. The van der Waals surface area contributed by atoms with E-state index < -0.39 is 5.91 Å². The molecule has 7 nitrogen and oxygen atoms in total. The van der Waals surface area contributed by atoms with Gasteiger partial charge in [0.25, 0.3) is 5.91 Å². The van der Waals surface area contributed by atoms with Crippen molar-refractivity contribution in [1.29, 1.82) is 0 Å². The summed E-state index contributed by atoms with van der Waals surface area (Å²) in [5, 5.41) is 17.4. The molecular formula is C18H15N5O2. The molecule has 0 radical (unpaired) electrons. The third kappa shape index (κ3) is 2.61. The molecule has 0 saturated heterocycles. The third-order valence-corrected chi connectivity index (χ3v) is 3.91. The zero-order valence-corrected chi connectivity index (χ0v) is 13.4. The average Bonchev–Trinajstić information content (AvgIpc) is 3.15. The lowest BCUT2D eigenvalue weighted by atomic mass is 10.1. The summed E-state index contributed by atoms with van der Waals surface area (Å²) in [6.45, 7) is 0. The summed E-state index contributed by atoms with van der Waals surface area (Å²) in [6.07, 6.45) is 0. The highest BCUT2D eigenvalue weighted by atomic mass is 16.3. The van der Waals surface area contributed by atoms with Gasteiger partial charge in [-0.2, -0.15) is 5.10 Å². The highest BCUT2D eigenvalue weighted by Crippen LogP contribution is 2.31. The summed E-state index contributed by atoms with van der Waals surface area (Å²) < 4.78 is 1.36. The van der Waals surface area contributed by atoms with Crippen molar-refractivity contribution >= 4 is 22.9 Å². The van der Waals surface area contributed by atoms with Crippen molar-refractivity contribution in [3.63, 3.8) is 0 Å². The molecule has 2 heterocycles. The van der Waals surface area contributed by atoms with E-state index in [1.807, 2.05) is 54.6 Å². The van der Waals surface area contributed by atoms with Crippen molar-refractivity contribution in [3.05, 3.63) is 60.3 Å². The van der Waals surface area contributed by atoms with Gasteiger partial charge in [0.15, 0.2) is 11.4 Å².